The second-order valence-corrected chi connectivity index (χ2v) is 5.09. The lowest BCUT2D eigenvalue weighted by Gasteiger charge is -2.09. The quantitative estimate of drug-likeness (QED) is 0.841. The zero-order chi connectivity index (χ0) is 15.1. The molecule has 0 saturated carbocycles. The van der Waals surface area contributed by atoms with Crippen LogP contribution in [0, 0.1) is 6.92 Å². The van der Waals surface area contributed by atoms with E-state index in [1.807, 2.05) is 42.5 Å². The van der Waals surface area contributed by atoms with Gasteiger partial charge >= 0.3 is 0 Å². The third kappa shape index (κ3) is 4.63. The van der Waals surface area contributed by atoms with Gasteiger partial charge in [-0.1, -0.05) is 37.3 Å². The van der Waals surface area contributed by atoms with Gasteiger partial charge in [-0.15, -0.1) is 0 Å². The molecule has 3 heteroatoms. The third-order valence-corrected chi connectivity index (χ3v) is 3.46. The first-order valence-corrected chi connectivity index (χ1v) is 7.37. The lowest BCUT2D eigenvalue weighted by molar-refractivity contribution is -0.115. The number of anilines is 2. The molecule has 0 heterocycles. The van der Waals surface area contributed by atoms with Crippen LogP contribution in [0.5, 0.6) is 0 Å². The molecule has 2 N–H and O–H groups in total. The van der Waals surface area contributed by atoms with Crippen molar-refractivity contribution in [3.63, 3.8) is 0 Å². The van der Waals surface area contributed by atoms with Crippen molar-refractivity contribution in [1.82, 2.24) is 0 Å². The van der Waals surface area contributed by atoms with Crippen LogP contribution in [0.3, 0.4) is 0 Å². The highest BCUT2D eigenvalue weighted by Gasteiger charge is 2.03. The lowest BCUT2D eigenvalue weighted by atomic mass is 10.1. The van der Waals surface area contributed by atoms with Crippen LogP contribution in [0.4, 0.5) is 11.4 Å². The van der Waals surface area contributed by atoms with Gasteiger partial charge in [0.05, 0.1) is 0 Å². The summed E-state index contributed by atoms with van der Waals surface area (Å²) in [5.41, 5.74) is 4.40. The Labute approximate surface area is 126 Å². The number of rotatable bonds is 6. The molecule has 3 nitrogen and oxygen atoms in total. The van der Waals surface area contributed by atoms with Crippen molar-refractivity contribution in [2.24, 2.45) is 0 Å². The largest absolute Gasteiger partial charge is 0.384 e. The minimum Gasteiger partial charge on any atom is -0.384 e. The Bertz CT molecular complexity index is 590. The molecule has 0 saturated heterocycles. The highest BCUT2D eigenvalue weighted by atomic mass is 16.1. The molecular weight excluding hydrogens is 260 g/mol. The van der Waals surface area contributed by atoms with Crippen molar-refractivity contribution in [3.8, 4) is 0 Å². The van der Waals surface area contributed by atoms with Crippen LogP contribution in [-0.2, 0) is 11.2 Å². The van der Waals surface area contributed by atoms with Crippen molar-refractivity contribution in [2.45, 2.75) is 26.7 Å². The summed E-state index contributed by atoms with van der Waals surface area (Å²) in [6, 6.07) is 16.1. The average molecular weight is 282 g/mol. The zero-order valence-corrected chi connectivity index (χ0v) is 12.6. The van der Waals surface area contributed by atoms with E-state index in [4.69, 9.17) is 0 Å². The molecule has 0 unspecified atom stereocenters. The van der Waals surface area contributed by atoms with Crippen molar-refractivity contribution in [3.05, 3.63) is 59.7 Å². The molecule has 110 valence electrons. The van der Waals surface area contributed by atoms with Crippen molar-refractivity contribution in [1.29, 1.82) is 0 Å². The third-order valence-electron chi connectivity index (χ3n) is 3.46. The van der Waals surface area contributed by atoms with E-state index in [-0.39, 0.29) is 5.91 Å². The second kappa shape index (κ2) is 7.48. The predicted molar refractivity (Wildman–Crippen MR) is 88.7 cm³/mol. The Morgan fingerprint density at radius 2 is 1.76 bits per heavy atom. The maximum Gasteiger partial charge on any atom is 0.226 e. The maximum absolute atomic E-state index is 11.9. The zero-order valence-electron chi connectivity index (χ0n) is 12.6. The maximum atomic E-state index is 11.9. The summed E-state index contributed by atoms with van der Waals surface area (Å²) in [6.07, 6.45) is 1.46. The van der Waals surface area contributed by atoms with Crippen LogP contribution in [-0.4, -0.2) is 12.5 Å². The average Bonchev–Trinajstić information content (AvgIpc) is 2.50. The van der Waals surface area contributed by atoms with E-state index in [1.54, 1.807) is 0 Å². The molecule has 2 rings (SSSR count). The minimum absolute atomic E-state index is 0.0281. The van der Waals surface area contributed by atoms with Crippen LogP contribution < -0.4 is 10.6 Å². The van der Waals surface area contributed by atoms with Crippen molar-refractivity contribution >= 4 is 17.3 Å². The van der Waals surface area contributed by atoms with E-state index < -0.39 is 0 Å². The first kappa shape index (κ1) is 15.1. The fraction of sp³-hybridized carbons (Fsp3) is 0.278. The first-order valence-electron chi connectivity index (χ1n) is 7.37. The molecule has 0 aliphatic heterocycles. The topological polar surface area (TPSA) is 41.1 Å². The Hall–Kier alpha value is -2.29. The molecule has 1 amide bonds. The van der Waals surface area contributed by atoms with Gasteiger partial charge in [-0.25, -0.2) is 0 Å². The van der Waals surface area contributed by atoms with E-state index in [9.17, 15) is 4.79 Å². The SMILES string of the molecule is CCc1ccc(NC(=O)CCNc2ccccc2C)cc1. The van der Waals surface area contributed by atoms with Crippen LogP contribution in [0.1, 0.15) is 24.5 Å². The summed E-state index contributed by atoms with van der Waals surface area (Å²) in [4.78, 5) is 11.9. The van der Waals surface area contributed by atoms with Crippen molar-refractivity contribution in [2.75, 3.05) is 17.2 Å². The summed E-state index contributed by atoms with van der Waals surface area (Å²) in [6.45, 7) is 4.80. The fourth-order valence-electron chi connectivity index (χ4n) is 2.13. The van der Waals surface area contributed by atoms with Gasteiger partial charge in [0.2, 0.25) is 5.91 Å². The molecule has 0 fully saturated rings. The Morgan fingerprint density at radius 3 is 2.43 bits per heavy atom. The molecule has 21 heavy (non-hydrogen) atoms. The molecule has 2 aromatic rings. The fourth-order valence-corrected chi connectivity index (χ4v) is 2.13. The normalized spacial score (nSPS) is 10.2. The van der Waals surface area contributed by atoms with Gasteiger partial charge in [0.15, 0.2) is 0 Å². The molecule has 0 atom stereocenters. The van der Waals surface area contributed by atoms with Crippen LogP contribution >= 0.6 is 0 Å². The van der Waals surface area contributed by atoms with E-state index in [0.29, 0.717) is 13.0 Å². The van der Waals surface area contributed by atoms with E-state index in [2.05, 4.69) is 30.5 Å². The molecule has 2 aromatic carbocycles. The number of para-hydroxylation sites is 1. The number of amides is 1. The first-order chi connectivity index (χ1) is 10.2. The predicted octanol–water partition coefficient (Wildman–Crippen LogP) is 4.00. The summed E-state index contributed by atoms with van der Waals surface area (Å²) >= 11 is 0. The van der Waals surface area contributed by atoms with Gasteiger partial charge in [0, 0.05) is 24.3 Å². The summed E-state index contributed by atoms with van der Waals surface area (Å²) in [5.74, 6) is 0.0281. The number of benzene rings is 2. The van der Waals surface area contributed by atoms with Gasteiger partial charge < -0.3 is 10.6 Å². The van der Waals surface area contributed by atoms with Crippen LogP contribution in [0.25, 0.3) is 0 Å². The summed E-state index contributed by atoms with van der Waals surface area (Å²) in [7, 11) is 0. The van der Waals surface area contributed by atoms with E-state index in [0.717, 1.165) is 17.8 Å². The van der Waals surface area contributed by atoms with Gasteiger partial charge in [-0.05, 0) is 42.7 Å². The molecule has 0 aromatic heterocycles. The van der Waals surface area contributed by atoms with E-state index in [1.165, 1.54) is 11.1 Å². The molecule has 0 aliphatic carbocycles. The van der Waals surface area contributed by atoms with Crippen LogP contribution in [0.2, 0.25) is 0 Å². The monoisotopic (exact) mass is 282 g/mol. The molecule has 0 spiro atoms. The number of carbonyl (C=O) groups excluding carboxylic acids is 1. The molecule has 0 radical (unpaired) electrons. The number of nitrogens with one attached hydrogen (secondary N) is 2. The molecular formula is C18H22N2O. The van der Waals surface area contributed by atoms with Gasteiger partial charge in [0.25, 0.3) is 0 Å². The van der Waals surface area contributed by atoms with Gasteiger partial charge in [0.1, 0.15) is 0 Å². The molecule has 0 bridgehead atoms. The lowest BCUT2D eigenvalue weighted by Crippen LogP contribution is -2.16. The number of carbonyl (C=O) groups is 1. The highest BCUT2D eigenvalue weighted by molar-refractivity contribution is 5.91. The molecule has 0 aliphatic rings. The standard InChI is InChI=1S/C18H22N2O/c1-3-15-8-10-16(11-9-15)20-18(21)12-13-19-17-7-5-4-6-14(17)2/h4-11,19H,3,12-13H2,1-2H3,(H,20,21). The number of aryl methyl sites for hydroxylation is 2. The van der Waals surface area contributed by atoms with Gasteiger partial charge in [-0.3, -0.25) is 4.79 Å². The minimum atomic E-state index is 0.0281. The van der Waals surface area contributed by atoms with E-state index >= 15 is 0 Å². The van der Waals surface area contributed by atoms with Gasteiger partial charge in [-0.2, -0.15) is 0 Å². The summed E-state index contributed by atoms with van der Waals surface area (Å²) in [5, 5.41) is 6.20. The Balaban J connectivity index is 1.78. The smallest absolute Gasteiger partial charge is 0.226 e. The van der Waals surface area contributed by atoms with Crippen molar-refractivity contribution < 1.29 is 4.79 Å². The highest BCUT2D eigenvalue weighted by Crippen LogP contribution is 2.13. The van der Waals surface area contributed by atoms with Crippen LogP contribution in [0.15, 0.2) is 48.5 Å². The second-order valence-electron chi connectivity index (χ2n) is 5.09. The Morgan fingerprint density at radius 1 is 1.05 bits per heavy atom. The number of hydrogen-bond donors (Lipinski definition) is 2. The number of hydrogen-bond acceptors (Lipinski definition) is 2. The summed E-state index contributed by atoms with van der Waals surface area (Å²) < 4.78 is 0. The Kier molecular flexibility index (Phi) is 5.38.